The minimum atomic E-state index is -3.66. The van der Waals surface area contributed by atoms with Crippen molar-refractivity contribution in [1.29, 1.82) is 0 Å². The summed E-state index contributed by atoms with van der Waals surface area (Å²) in [7, 11) is -3.66. The van der Waals surface area contributed by atoms with Gasteiger partial charge in [-0.15, -0.1) is 23.5 Å². The Morgan fingerprint density at radius 1 is 1.28 bits per heavy atom. The largest absolute Gasteiger partial charge is 0.326 e. The van der Waals surface area contributed by atoms with E-state index < -0.39 is 9.84 Å². The van der Waals surface area contributed by atoms with E-state index in [4.69, 9.17) is 0 Å². The van der Waals surface area contributed by atoms with E-state index in [1.807, 2.05) is 31.4 Å². The molecule has 0 aliphatic carbocycles. The third-order valence-electron chi connectivity index (χ3n) is 4.34. The summed E-state index contributed by atoms with van der Waals surface area (Å²) in [6, 6.07) is 12.1. The van der Waals surface area contributed by atoms with Crippen LogP contribution < -0.4 is 10.6 Å². The average molecular weight is 451 g/mol. The van der Waals surface area contributed by atoms with Crippen LogP contribution in [0.25, 0.3) is 0 Å². The van der Waals surface area contributed by atoms with Crippen LogP contribution in [-0.2, 0) is 19.4 Å². The van der Waals surface area contributed by atoms with Crippen LogP contribution in [0.4, 0.5) is 11.4 Å². The van der Waals surface area contributed by atoms with E-state index in [1.165, 1.54) is 23.9 Å². The lowest BCUT2D eigenvalue weighted by Gasteiger charge is -2.11. The van der Waals surface area contributed by atoms with Gasteiger partial charge in [0.1, 0.15) is 0 Å². The van der Waals surface area contributed by atoms with Crippen LogP contribution in [0.5, 0.6) is 0 Å². The fourth-order valence-electron chi connectivity index (χ4n) is 2.89. The SMILES string of the molecule is CSc1cccc(NC(=O)CCS(=O)(=O)c2ccc3c(c2)NC(=O)CC(C)S3)c1. The van der Waals surface area contributed by atoms with Crippen LogP contribution in [-0.4, -0.2) is 37.5 Å². The normalized spacial score (nSPS) is 16.5. The second-order valence-corrected chi connectivity index (χ2v) is 11.2. The van der Waals surface area contributed by atoms with Crippen LogP contribution in [0.2, 0.25) is 0 Å². The second kappa shape index (κ2) is 9.23. The molecule has 0 spiro atoms. The van der Waals surface area contributed by atoms with Crippen molar-refractivity contribution in [3.8, 4) is 0 Å². The molecule has 1 heterocycles. The van der Waals surface area contributed by atoms with Crippen LogP contribution in [0.1, 0.15) is 19.8 Å². The van der Waals surface area contributed by atoms with Crippen LogP contribution >= 0.6 is 23.5 Å². The van der Waals surface area contributed by atoms with E-state index in [0.717, 1.165) is 9.79 Å². The van der Waals surface area contributed by atoms with Crippen LogP contribution in [0.3, 0.4) is 0 Å². The molecule has 29 heavy (non-hydrogen) atoms. The lowest BCUT2D eigenvalue weighted by Crippen LogP contribution is -2.18. The molecule has 2 N–H and O–H groups in total. The van der Waals surface area contributed by atoms with E-state index in [0.29, 0.717) is 17.8 Å². The molecule has 0 fully saturated rings. The summed E-state index contributed by atoms with van der Waals surface area (Å²) in [6.45, 7) is 1.96. The van der Waals surface area contributed by atoms with Gasteiger partial charge in [-0.3, -0.25) is 9.59 Å². The topological polar surface area (TPSA) is 92.3 Å². The molecule has 2 amide bonds. The Morgan fingerprint density at radius 3 is 2.83 bits per heavy atom. The van der Waals surface area contributed by atoms with Gasteiger partial charge in [0.2, 0.25) is 11.8 Å². The minimum Gasteiger partial charge on any atom is -0.326 e. The number of benzene rings is 2. The maximum absolute atomic E-state index is 12.7. The molecular weight excluding hydrogens is 428 g/mol. The fourth-order valence-corrected chi connectivity index (χ4v) is 5.67. The first kappa shape index (κ1) is 21.7. The number of carbonyl (C=O) groups is 2. The summed E-state index contributed by atoms with van der Waals surface area (Å²) in [5.41, 5.74) is 1.14. The van der Waals surface area contributed by atoms with Gasteiger partial charge in [0.05, 0.1) is 16.3 Å². The standard InChI is InChI=1S/C20H22N2O4S3/c1-13-10-20(24)22-17-12-16(6-7-18(17)28-13)29(25,26)9-8-19(23)21-14-4-3-5-15(11-14)27-2/h3-7,11-13H,8-10H2,1-2H3,(H,21,23)(H,22,24). The summed E-state index contributed by atoms with van der Waals surface area (Å²) >= 11 is 3.09. The molecule has 9 heteroatoms. The number of sulfone groups is 1. The van der Waals surface area contributed by atoms with Gasteiger partial charge in [-0.05, 0) is 42.7 Å². The van der Waals surface area contributed by atoms with Crippen LogP contribution in [0, 0.1) is 0 Å². The quantitative estimate of drug-likeness (QED) is 0.646. The Kier molecular flexibility index (Phi) is 6.92. The molecule has 0 saturated heterocycles. The number of carbonyl (C=O) groups excluding carboxylic acids is 2. The third-order valence-corrected chi connectivity index (χ3v) is 7.95. The molecule has 0 aromatic heterocycles. The first-order valence-electron chi connectivity index (χ1n) is 9.04. The zero-order chi connectivity index (χ0) is 21.0. The van der Waals surface area contributed by atoms with Gasteiger partial charge in [0, 0.05) is 33.6 Å². The van der Waals surface area contributed by atoms with E-state index in [1.54, 1.807) is 23.9 Å². The molecule has 0 bridgehead atoms. The number of hydrogen-bond donors (Lipinski definition) is 2. The van der Waals surface area contributed by atoms with Gasteiger partial charge in [-0.2, -0.15) is 0 Å². The highest BCUT2D eigenvalue weighted by molar-refractivity contribution is 8.00. The minimum absolute atomic E-state index is 0.101. The van der Waals surface area contributed by atoms with Crippen molar-refractivity contribution >= 4 is 56.6 Å². The van der Waals surface area contributed by atoms with Crippen molar-refractivity contribution in [2.75, 3.05) is 22.6 Å². The second-order valence-electron chi connectivity index (χ2n) is 6.69. The summed E-state index contributed by atoms with van der Waals surface area (Å²) < 4.78 is 25.4. The number of rotatable bonds is 6. The van der Waals surface area contributed by atoms with Crippen molar-refractivity contribution in [3.05, 3.63) is 42.5 Å². The molecule has 2 aromatic carbocycles. The lowest BCUT2D eigenvalue weighted by atomic mass is 10.3. The van der Waals surface area contributed by atoms with Crippen molar-refractivity contribution in [2.24, 2.45) is 0 Å². The van der Waals surface area contributed by atoms with Crippen molar-refractivity contribution in [1.82, 2.24) is 0 Å². The lowest BCUT2D eigenvalue weighted by molar-refractivity contribution is -0.116. The smallest absolute Gasteiger partial charge is 0.225 e. The zero-order valence-corrected chi connectivity index (χ0v) is 18.5. The number of fused-ring (bicyclic) bond motifs is 1. The third kappa shape index (κ3) is 5.77. The predicted octanol–water partition coefficient (Wildman–Crippen LogP) is 4.03. The molecule has 0 radical (unpaired) electrons. The Bertz CT molecular complexity index is 1040. The Hall–Kier alpha value is -1.97. The molecule has 154 valence electrons. The van der Waals surface area contributed by atoms with Gasteiger partial charge >= 0.3 is 0 Å². The first-order chi connectivity index (χ1) is 13.8. The maximum atomic E-state index is 12.7. The molecular formula is C20H22N2O4S3. The van der Waals surface area contributed by atoms with Gasteiger partial charge < -0.3 is 10.6 Å². The number of nitrogens with one attached hydrogen (secondary N) is 2. The molecule has 1 atom stereocenters. The number of anilines is 2. The Labute approximate surface area is 179 Å². The van der Waals surface area contributed by atoms with Crippen LogP contribution in [0.15, 0.2) is 57.2 Å². The summed E-state index contributed by atoms with van der Waals surface area (Å²) in [4.78, 5) is 26.1. The monoisotopic (exact) mass is 450 g/mol. The van der Waals surface area contributed by atoms with E-state index >= 15 is 0 Å². The molecule has 1 aliphatic rings. The van der Waals surface area contributed by atoms with Gasteiger partial charge in [0.25, 0.3) is 0 Å². The van der Waals surface area contributed by atoms with Crippen molar-refractivity contribution in [3.63, 3.8) is 0 Å². The fraction of sp³-hybridized carbons (Fsp3) is 0.300. The van der Waals surface area contributed by atoms with Gasteiger partial charge in [-0.25, -0.2) is 8.42 Å². The van der Waals surface area contributed by atoms with Crippen molar-refractivity contribution < 1.29 is 18.0 Å². The number of amides is 2. The molecule has 3 rings (SSSR count). The average Bonchev–Trinajstić information content (AvgIpc) is 2.82. The highest BCUT2D eigenvalue weighted by Gasteiger charge is 2.23. The molecule has 1 unspecified atom stereocenters. The predicted molar refractivity (Wildman–Crippen MR) is 119 cm³/mol. The number of thioether (sulfide) groups is 2. The Morgan fingerprint density at radius 2 is 2.07 bits per heavy atom. The summed E-state index contributed by atoms with van der Waals surface area (Å²) in [5, 5.41) is 5.62. The van der Waals surface area contributed by atoms with Crippen molar-refractivity contribution in [2.45, 2.75) is 39.7 Å². The Balaban J connectivity index is 1.68. The van der Waals surface area contributed by atoms with E-state index in [-0.39, 0.29) is 34.1 Å². The summed E-state index contributed by atoms with van der Waals surface area (Å²) in [5.74, 6) is -0.804. The number of hydrogen-bond acceptors (Lipinski definition) is 6. The summed E-state index contributed by atoms with van der Waals surface area (Å²) in [6.07, 6.45) is 2.16. The highest BCUT2D eigenvalue weighted by atomic mass is 32.2. The highest BCUT2D eigenvalue weighted by Crippen LogP contribution is 2.36. The van der Waals surface area contributed by atoms with Gasteiger partial charge in [-0.1, -0.05) is 13.0 Å². The first-order valence-corrected chi connectivity index (χ1v) is 12.8. The molecule has 2 aromatic rings. The molecule has 0 saturated carbocycles. The van der Waals surface area contributed by atoms with E-state index in [2.05, 4.69) is 10.6 Å². The molecule has 6 nitrogen and oxygen atoms in total. The maximum Gasteiger partial charge on any atom is 0.225 e. The molecule has 1 aliphatic heterocycles. The van der Waals surface area contributed by atoms with E-state index in [9.17, 15) is 18.0 Å². The van der Waals surface area contributed by atoms with Gasteiger partial charge in [0.15, 0.2) is 9.84 Å². The zero-order valence-electron chi connectivity index (χ0n) is 16.1.